The molecule has 0 aliphatic carbocycles. The number of rotatable bonds is 12. The minimum atomic E-state index is -0.843. The summed E-state index contributed by atoms with van der Waals surface area (Å²) in [5.74, 6) is -0.517. The van der Waals surface area contributed by atoms with Crippen LogP contribution in [0.1, 0.15) is 66.8 Å². The van der Waals surface area contributed by atoms with Gasteiger partial charge in [0.15, 0.2) is 6.29 Å². The lowest BCUT2D eigenvalue weighted by molar-refractivity contribution is -0.253. The number of methoxy groups -OCH3 is 1. The summed E-state index contributed by atoms with van der Waals surface area (Å²) in [6.45, 7) is 5.42. The molecule has 0 spiro atoms. The molecule has 3 aliphatic heterocycles. The third-order valence-corrected chi connectivity index (χ3v) is 9.71. The highest BCUT2D eigenvalue weighted by Crippen LogP contribution is 2.39. The van der Waals surface area contributed by atoms with Crippen molar-refractivity contribution in [3.8, 4) is 0 Å². The number of esters is 1. The lowest BCUT2D eigenvalue weighted by Gasteiger charge is -2.39. The Balaban J connectivity index is 1.15. The number of benzene rings is 3. The maximum atomic E-state index is 13.1. The van der Waals surface area contributed by atoms with Crippen molar-refractivity contribution < 1.29 is 28.9 Å². The maximum Gasteiger partial charge on any atom is 0.328 e. The molecule has 0 radical (unpaired) electrons. The van der Waals surface area contributed by atoms with E-state index in [2.05, 4.69) is 20.4 Å². The molecule has 3 heterocycles. The number of aliphatic hydroxyl groups is 1. The average Bonchev–Trinajstić information content (AvgIpc) is 3.80. The fourth-order valence-electron chi connectivity index (χ4n) is 7.17. The summed E-state index contributed by atoms with van der Waals surface area (Å²) in [7, 11) is 1.31. The zero-order chi connectivity index (χ0) is 33.3. The van der Waals surface area contributed by atoms with E-state index in [-0.39, 0.29) is 18.8 Å². The van der Waals surface area contributed by atoms with Crippen LogP contribution in [-0.4, -0.2) is 84.9 Å². The third-order valence-electron chi connectivity index (χ3n) is 9.71. The molecule has 0 bridgehead atoms. The fourth-order valence-corrected chi connectivity index (χ4v) is 7.17. The lowest BCUT2D eigenvalue weighted by Crippen LogP contribution is -2.45. The molecule has 0 saturated carbocycles. The summed E-state index contributed by atoms with van der Waals surface area (Å²) < 4.78 is 18.2. The van der Waals surface area contributed by atoms with E-state index in [1.807, 2.05) is 72.8 Å². The van der Waals surface area contributed by atoms with Crippen molar-refractivity contribution in [3.05, 3.63) is 101 Å². The van der Waals surface area contributed by atoms with E-state index >= 15 is 0 Å². The van der Waals surface area contributed by atoms with E-state index in [1.54, 1.807) is 6.07 Å². The number of likely N-dealkylation sites (tertiary alicyclic amines) is 2. The Morgan fingerprint density at radius 2 is 1.69 bits per heavy atom. The van der Waals surface area contributed by atoms with Crippen LogP contribution in [0, 0.1) is 0 Å². The molecule has 48 heavy (non-hydrogen) atoms. The van der Waals surface area contributed by atoms with Crippen molar-refractivity contribution in [3.63, 3.8) is 0 Å². The van der Waals surface area contributed by atoms with Crippen molar-refractivity contribution in [1.82, 2.24) is 15.1 Å². The molecular weight excluding hydrogens is 608 g/mol. The van der Waals surface area contributed by atoms with Gasteiger partial charge in [-0.2, -0.15) is 0 Å². The van der Waals surface area contributed by atoms with Crippen LogP contribution in [-0.2, 0) is 32.0 Å². The molecule has 10 nitrogen and oxygen atoms in total. The minimum Gasteiger partial charge on any atom is -0.467 e. The highest BCUT2D eigenvalue weighted by atomic mass is 16.7. The van der Waals surface area contributed by atoms with Gasteiger partial charge in [0.05, 0.1) is 25.9 Å². The van der Waals surface area contributed by atoms with E-state index in [0.29, 0.717) is 18.2 Å². The molecular formula is C38H48N4O6. The largest absolute Gasteiger partial charge is 0.467 e. The van der Waals surface area contributed by atoms with Crippen LogP contribution in [0.2, 0.25) is 0 Å². The van der Waals surface area contributed by atoms with E-state index in [4.69, 9.17) is 14.2 Å². The molecule has 3 aromatic rings. The monoisotopic (exact) mass is 656 g/mol. The molecule has 0 unspecified atom stereocenters. The Labute approximate surface area is 283 Å². The Bertz CT molecular complexity index is 1480. The molecule has 5 atom stereocenters. The molecule has 3 saturated heterocycles. The first-order chi connectivity index (χ1) is 23.5. The SMILES string of the molecule is COC(=O)[C@H](Cc1ccccc1)NC(=O)Nc1cccc([C@@H]2O[C@H](CN3CCC[C@H]3CN3CCCC3)C[C@H](c3ccc(CO)cc3)O2)c1. The smallest absolute Gasteiger partial charge is 0.328 e. The van der Waals surface area contributed by atoms with E-state index < -0.39 is 24.3 Å². The zero-order valence-corrected chi connectivity index (χ0v) is 27.8. The fraction of sp³-hybridized carbons (Fsp3) is 0.474. The van der Waals surface area contributed by atoms with Crippen LogP contribution in [0.3, 0.4) is 0 Å². The highest BCUT2D eigenvalue weighted by molar-refractivity contribution is 5.92. The summed E-state index contributed by atoms with van der Waals surface area (Å²) in [4.78, 5) is 30.8. The molecule has 3 aromatic carbocycles. The Morgan fingerprint density at radius 3 is 2.44 bits per heavy atom. The van der Waals surface area contributed by atoms with Crippen LogP contribution in [0.4, 0.5) is 10.5 Å². The topological polar surface area (TPSA) is 113 Å². The van der Waals surface area contributed by atoms with Crippen molar-refractivity contribution in [2.75, 3.05) is 45.2 Å². The number of carbonyl (C=O) groups excluding carboxylic acids is 2. The first-order valence-corrected chi connectivity index (χ1v) is 17.2. The van der Waals surface area contributed by atoms with Crippen molar-refractivity contribution in [1.29, 1.82) is 0 Å². The number of hydrogen-bond donors (Lipinski definition) is 3. The highest BCUT2D eigenvalue weighted by Gasteiger charge is 2.36. The number of hydrogen-bond acceptors (Lipinski definition) is 8. The Kier molecular flexibility index (Phi) is 11.7. The van der Waals surface area contributed by atoms with Crippen molar-refractivity contribution >= 4 is 17.7 Å². The van der Waals surface area contributed by atoms with Gasteiger partial charge in [-0.05, 0) is 74.1 Å². The van der Waals surface area contributed by atoms with Crippen LogP contribution >= 0.6 is 0 Å². The molecule has 3 fully saturated rings. The van der Waals surface area contributed by atoms with Crippen LogP contribution in [0.25, 0.3) is 0 Å². The van der Waals surface area contributed by atoms with Gasteiger partial charge in [0.2, 0.25) is 0 Å². The van der Waals surface area contributed by atoms with Gasteiger partial charge < -0.3 is 34.9 Å². The second-order valence-corrected chi connectivity index (χ2v) is 13.1. The van der Waals surface area contributed by atoms with Crippen LogP contribution in [0.15, 0.2) is 78.9 Å². The first kappa shape index (κ1) is 34.1. The van der Waals surface area contributed by atoms with E-state index in [1.165, 1.54) is 45.9 Å². The number of urea groups is 1. The zero-order valence-electron chi connectivity index (χ0n) is 27.8. The number of carbonyl (C=O) groups is 2. The summed E-state index contributed by atoms with van der Waals surface area (Å²) in [6, 6.07) is 24.1. The number of nitrogens with one attached hydrogen (secondary N) is 2. The van der Waals surface area contributed by atoms with Gasteiger partial charge in [0, 0.05) is 43.2 Å². The number of amides is 2. The van der Waals surface area contributed by atoms with Gasteiger partial charge in [-0.25, -0.2) is 9.59 Å². The molecule has 256 valence electrons. The van der Waals surface area contributed by atoms with E-state index in [9.17, 15) is 14.7 Å². The van der Waals surface area contributed by atoms with Crippen LogP contribution < -0.4 is 10.6 Å². The van der Waals surface area contributed by atoms with Gasteiger partial charge in [-0.1, -0.05) is 66.7 Å². The summed E-state index contributed by atoms with van der Waals surface area (Å²) in [5, 5.41) is 15.2. The molecule has 0 aromatic heterocycles. The number of aliphatic hydroxyl groups excluding tert-OH is 1. The Morgan fingerprint density at radius 1 is 0.896 bits per heavy atom. The molecule has 6 rings (SSSR count). The predicted molar refractivity (Wildman–Crippen MR) is 183 cm³/mol. The molecule has 3 N–H and O–H groups in total. The molecule has 10 heteroatoms. The predicted octanol–water partition coefficient (Wildman–Crippen LogP) is 5.19. The quantitative estimate of drug-likeness (QED) is 0.229. The Hall–Kier alpha value is -3.80. The maximum absolute atomic E-state index is 13.1. The molecule has 2 amide bonds. The van der Waals surface area contributed by atoms with Gasteiger partial charge in [0.1, 0.15) is 6.04 Å². The lowest BCUT2D eigenvalue weighted by atomic mass is 9.99. The van der Waals surface area contributed by atoms with Gasteiger partial charge in [-0.3, -0.25) is 4.90 Å². The van der Waals surface area contributed by atoms with Gasteiger partial charge in [0.25, 0.3) is 0 Å². The number of anilines is 1. The van der Waals surface area contributed by atoms with Gasteiger partial charge in [-0.15, -0.1) is 0 Å². The second-order valence-electron chi connectivity index (χ2n) is 13.1. The van der Waals surface area contributed by atoms with Crippen molar-refractivity contribution in [2.24, 2.45) is 0 Å². The van der Waals surface area contributed by atoms with Crippen molar-refractivity contribution in [2.45, 2.75) is 75.7 Å². The summed E-state index contributed by atoms with van der Waals surface area (Å²) in [5.41, 5.74) is 4.15. The first-order valence-electron chi connectivity index (χ1n) is 17.2. The van der Waals surface area contributed by atoms with E-state index in [0.717, 1.165) is 48.3 Å². The van der Waals surface area contributed by atoms with Crippen LogP contribution in [0.5, 0.6) is 0 Å². The number of ether oxygens (including phenoxy) is 3. The number of nitrogens with zero attached hydrogens (tertiary/aromatic N) is 2. The summed E-state index contributed by atoms with van der Waals surface area (Å²) in [6.07, 6.45) is 5.15. The van der Waals surface area contributed by atoms with Gasteiger partial charge >= 0.3 is 12.0 Å². The standard InChI is InChI=1S/C38H48N4O6/c1-46-36(44)34(21-27-9-3-2-4-10-27)40-38(45)39-31-12-7-11-30(22-31)37-47-33(23-35(48-37)29-16-14-28(26-43)15-17-29)25-42-20-8-13-32(42)24-41-18-5-6-19-41/h2-4,7,9-12,14-17,22,32-35,37,43H,5-6,8,13,18-21,23-26H2,1H3,(H2,39,40,45)/t32-,33-,34-,35+,37+/m0/s1. The third kappa shape index (κ3) is 9.00. The second kappa shape index (κ2) is 16.5. The normalized spacial score (nSPS) is 23.9. The molecule has 3 aliphatic rings. The summed E-state index contributed by atoms with van der Waals surface area (Å²) >= 11 is 0. The average molecular weight is 657 g/mol. The minimum absolute atomic E-state index is 0.00642.